The number of aromatic nitrogens is 2. The number of para-hydroxylation sites is 2. The lowest BCUT2D eigenvalue weighted by Crippen LogP contribution is -2.24. The topological polar surface area (TPSA) is 114 Å². The molecule has 3 aromatic carbocycles. The average Bonchev–Trinajstić information content (AvgIpc) is 2.83. The Morgan fingerprint density at radius 1 is 1.00 bits per heavy atom. The number of rotatable bonds is 7. The molecule has 1 heterocycles. The van der Waals surface area contributed by atoms with Gasteiger partial charge < -0.3 is 5.11 Å². The predicted octanol–water partition coefficient (Wildman–Crippen LogP) is 3.33. The third-order valence-electron chi connectivity index (χ3n) is 4.68. The van der Waals surface area contributed by atoms with Crippen molar-refractivity contribution in [1.82, 2.24) is 15.0 Å². The molecule has 9 heteroatoms. The van der Waals surface area contributed by atoms with Gasteiger partial charge in [-0.05, 0) is 30.3 Å². The molecule has 0 aliphatic heterocycles. The maximum Gasteiger partial charge on any atom is 0.336 e. The van der Waals surface area contributed by atoms with E-state index < -0.39 is 11.9 Å². The number of hydrogen-bond donors (Lipinski definition) is 2. The maximum atomic E-state index is 13.1. The normalized spacial score (nSPS) is 11.0. The predicted molar refractivity (Wildman–Crippen MR) is 127 cm³/mol. The second-order valence-electron chi connectivity index (χ2n) is 6.86. The number of hydrazone groups is 1. The van der Waals surface area contributed by atoms with Crippen LogP contribution in [0.15, 0.2) is 93.9 Å². The van der Waals surface area contributed by atoms with Gasteiger partial charge >= 0.3 is 5.97 Å². The van der Waals surface area contributed by atoms with Crippen molar-refractivity contribution in [3.8, 4) is 5.69 Å². The molecule has 4 rings (SSSR count). The largest absolute Gasteiger partial charge is 0.478 e. The molecule has 0 saturated carbocycles. The number of carboxylic acids is 1. The molecule has 1 aromatic heterocycles. The van der Waals surface area contributed by atoms with E-state index in [0.29, 0.717) is 27.3 Å². The number of carboxylic acid groups (broad SMARTS) is 1. The Kier molecular flexibility index (Phi) is 6.61. The van der Waals surface area contributed by atoms with E-state index in [1.54, 1.807) is 54.6 Å². The van der Waals surface area contributed by atoms with Crippen molar-refractivity contribution in [3.63, 3.8) is 0 Å². The smallest absolute Gasteiger partial charge is 0.336 e. The number of nitrogens with zero attached hydrogens (tertiary/aromatic N) is 3. The fourth-order valence-corrected chi connectivity index (χ4v) is 3.96. The van der Waals surface area contributed by atoms with Gasteiger partial charge in [0.15, 0.2) is 5.16 Å². The fraction of sp³-hybridized carbons (Fsp3) is 0.0417. The Morgan fingerprint density at radius 3 is 2.48 bits per heavy atom. The molecule has 0 spiro atoms. The Hall–Kier alpha value is -4.24. The van der Waals surface area contributed by atoms with Crippen LogP contribution >= 0.6 is 11.8 Å². The molecule has 0 aliphatic rings. The van der Waals surface area contributed by atoms with Crippen LogP contribution in [0.1, 0.15) is 15.9 Å². The number of carbonyl (C=O) groups excluding carboxylic acids is 1. The number of nitrogens with one attached hydrogen (secondary N) is 1. The summed E-state index contributed by atoms with van der Waals surface area (Å²) in [6.07, 6.45) is 1.28. The third kappa shape index (κ3) is 4.99. The lowest BCUT2D eigenvalue weighted by atomic mass is 10.1. The van der Waals surface area contributed by atoms with Gasteiger partial charge in [-0.2, -0.15) is 5.10 Å². The first-order valence-corrected chi connectivity index (χ1v) is 10.9. The SMILES string of the molecule is O=C(CSc1nc2ccccc2c(=O)n1-c1ccccc1)NN=Cc1ccccc1C(=O)O. The molecule has 0 fully saturated rings. The molecule has 0 aliphatic carbocycles. The number of hydrogen-bond acceptors (Lipinski definition) is 6. The number of aromatic carboxylic acids is 1. The van der Waals surface area contributed by atoms with Gasteiger partial charge in [0.05, 0.1) is 34.1 Å². The zero-order valence-corrected chi connectivity index (χ0v) is 18.0. The molecular weight excluding hydrogens is 440 g/mol. The first kappa shape index (κ1) is 22.0. The Bertz CT molecular complexity index is 1420. The Labute approximate surface area is 192 Å². The van der Waals surface area contributed by atoms with Gasteiger partial charge in [0, 0.05) is 5.56 Å². The quantitative estimate of drug-likeness (QED) is 0.190. The number of carbonyl (C=O) groups is 2. The van der Waals surface area contributed by atoms with Crippen LogP contribution in [0, 0.1) is 0 Å². The minimum Gasteiger partial charge on any atom is -0.478 e. The monoisotopic (exact) mass is 458 g/mol. The summed E-state index contributed by atoms with van der Waals surface area (Å²) < 4.78 is 1.48. The molecular formula is C24H18N4O4S. The molecule has 4 aromatic rings. The van der Waals surface area contributed by atoms with Crippen molar-refractivity contribution < 1.29 is 14.7 Å². The molecule has 164 valence electrons. The van der Waals surface area contributed by atoms with E-state index >= 15 is 0 Å². The van der Waals surface area contributed by atoms with E-state index in [0.717, 1.165) is 11.8 Å². The summed E-state index contributed by atoms with van der Waals surface area (Å²) >= 11 is 1.11. The van der Waals surface area contributed by atoms with E-state index in [-0.39, 0.29) is 16.9 Å². The van der Waals surface area contributed by atoms with Crippen molar-refractivity contribution in [3.05, 3.63) is 100 Å². The molecule has 33 heavy (non-hydrogen) atoms. The fourth-order valence-electron chi connectivity index (χ4n) is 3.15. The van der Waals surface area contributed by atoms with E-state index in [1.165, 1.54) is 16.8 Å². The number of benzene rings is 3. The van der Waals surface area contributed by atoms with Crippen molar-refractivity contribution in [2.75, 3.05) is 5.75 Å². The van der Waals surface area contributed by atoms with Gasteiger partial charge in [-0.15, -0.1) is 0 Å². The standard InChI is InChI=1S/C24H18N4O4S/c29-21(27-25-14-16-8-4-5-11-18(16)23(31)32)15-33-24-26-20-13-7-6-12-19(20)22(30)28(24)17-9-2-1-3-10-17/h1-14H,15H2,(H,27,29)(H,31,32). The first-order valence-electron chi connectivity index (χ1n) is 9.89. The molecule has 0 radical (unpaired) electrons. The summed E-state index contributed by atoms with van der Waals surface area (Å²) in [5, 5.41) is 13.9. The highest BCUT2D eigenvalue weighted by Gasteiger charge is 2.14. The lowest BCUT2D eigenvalue weighted by molar-refractivity contribution is -0.118. The van der Waals surface area contributed by atoms with Gasteiger partial charge in [0.1, 0.15) is 0 Å². The van der Waals surface area contributed by atoms with E-state index in [2.05, 4.69) is 15.5 Å². The van der Waals surface area contributed by atoms with Crippen LogP contribution in [0.5, 0.6) is 0 Å². The van der Waals surface area contributed by atoms with Crippen LogP contribution in [0.25, 0.3) is 16.6 Å². The minimum atomic E-state index is -1.08. The second kappa shape index (κ2) is 9.92. The molecule has 0 bridgehead atoms. The molecule has 0 saturated heterocycles. The second-order valence-corrected chi connectivity index (χ2v) is 7.80. The van der Waals surface area contributed by atoms with E-state index in [9.17, 15) is 19.5 Å². The summed E-state index contributed by atoms with van der Waals surface area (Å²) in [5.74, 6) is -1.55. The highest BCUT2D eigenvalue weighted by Crippen LogP contribution is 2.21. The van der Waals surface area contributed by atoms with Gasteiger partial charge in [0.2, 0.25) is 0 Å². The summed E-state index contributed by atoms with van der Waals surface area (Å²) in [6, 6.07) is 22.5. The van der Waals surface area contributed by atoms with Crippen LogP contribution in [0.4, 0.5) is 0 Å². The third-order valence-corrected chi connectivity index (χ3v) is 5.61. The highest BCUT2D eigenvalue weighted by molar-refractivity contribution is 7.99. The van der Waals surface area contributed by atoms with E-state index in [1.807, 2.05) is 18.2 Å². The van der Waals surface area contributed by atoms with Crippen LogP contribution in [-0.4, -0.2) is 38.5 Å². The summed E-state index contributed by atoms with van der Waals surface area (Å²) in [4.78, 5) is 41.3. The average molecular weight is 458 g/mol. The Balaban J connectivity index is 1.54. The van der Waals surface area contributed by atoms with Crippen LogP contribution in [0.2, 0.25) is 0 Å². The maximum absolute atomic E-state index is 13.1. The number of thioether (sulfide) groups is 1. The van der Waals surface area contributed by atoms with Crippen molar-refractivity contribution >= 4 is 40.8 Å². The zero-order valence-electron chi connectivity index (χ0n) is 17.2. The summed E-state index contributed by atoms with van der Waals surface area (Å²) in [7, 11) is 0. The van der Waals surface area contributed by atoms with Crippen LogP contribution in [0.3, 0.4) is 0 Å². The highest BCUT2D eigenvalue weighted by atomic mass is 32.2. The number of fused-ring (bicyclic) bond motifs is 1. The summed E-state index contributed by atoms with van der Waals surface area (Å²) in [6.45, 7) is 0. The molecule has 0 unspecified atom stereocenters. The van der Waals surface area contributed by atoms with Crippen molar-refractivity contribution in [1.29, 1.82) is 0 Å². The first-order chi connectivity index (χ1) is 16.0. The van der Waals surface area contributed by atoms with Gasteiger partial charge in [0.25, 0.3) is 11.5 Å². The molecule has 1 amide bonds. The Morgan fingerprint density at radius 2 is 1.70 bits per heavy atom. The van der Waals surface area contributed by atoms with Crippen molar-refractivity contribution in [2.24, 2.45) is 5.10 Å². The van der Waals surface area contributed by atoms with Gasteiger partial charge in [-0.1, -0.05) is 60.3 Å². The molecule has 0 atom stereocenters. The zero-order chi connectivity index (χ0) is 23.2. The summed E-state index contributed by atoms with van der Waals surface area (Å²) in [5.41, 5.74) is 3.79. The molecule has 2 N–H and O–H groups in total. The molecule has 8 nitrogen and oxygen atoms in total. The van der Waals surface area contributed by atoms with Gasteiger partial charge in [-0.3, -0.25) is 14.2 Å². The van der Waals surface area contributed by atoms with Crippen LogP contribution < -0.4 is 11.0 Å². The lowest BCUT2D eigenvalue weighted by Gasteiger charge is -2.12. The minimum absolute atomic E-state index is 0.0461. The van der Waals surface area contributed by atoms with Gasteiger partial charge in [-0.25, -0.2) is 15.2 Å². The van der Waals surface area contributed by atoms with E-state index in [4.69, 9.17) is 0 Å². The van der Waals surface area contributed by atoms with Crippen LogP contribution in [-0.2, 0) is 4.79 Å². The van der Waals surface area contributed by atoms with Crippen molar-refractivity contribution in [2.45, 2.75) is 5.16 Å². The number of amides is 1.